The molecule has 132 valence electrons. The highest BCUT2D eigenvalue weighted by atomic mass is 35.5. The van der Waals surface area contributed by atoms with Crippen molar-refractivity contribution in [3.8, 4) is 11.5 Å². The summed E-state index contributed by atoms with van der Waals surface area (Å²) in [5.74, 6) is 7.00. The van der Waals surface area contributed by atoms with Crippen molar-refractivity contribution >= 4 is 35.1 Å². The van der Waals surface area contributed by atoms with Gasteiger partial charge < -0.3 is 19.6 Å². The third kappa shape index (κ3) is 3.11. The zero-order valence-electron chi connectivity index (χ0n) is 13.8. The average Bonchev–Trinajstić information content (AvgIpc) is 2.99. The number of pyridine rings is 2. The van der Waals surface area contributed by atoms with Gasteiger partial charge in [-0.25, -0.2) is 15.8 Å². The van der Waals surface area contributed by atoms with Crippen molar-refractivity contribution in [2.45, 2.75) is 0 Å². The minimum atomic E-state index is 0. The Morgan fingerprint density at radius 1 is 1.20 bits per heavy atom. The lowest BCUT2D eigenvalue weighted by molar-refractivity contribution is 0.123. The van der Waals surface area contributed by atoms with Gasteiger partial charge in [0.25, 0.3) is 0 Å². The van der Waals surface area contributed by atoms with Crippen molar-refractivity contribution in [2.24, 2.45) is 12.9 Å². The summed E-state index contributed by atoms with van der Waals surface area (Å²) >= 11 is 0. The Bertz CT molecular complexity index is 862. The fourth-order valence-corrected chi connectivity index (χ4v) is 2.98. The third-order valence-electron chi connectivity index (χ3n) is 4.20. The maximum atomic E-state index is 5.61. The first-order chi connectivity index (χ1) is 11.8. The number of rotatable bonds is 3. The van der Waals surface area contributed by atoms with E-state index in [0.29, 0.717) is 19.0 Å². The number of aromatic nitrogens is 4. The fourth-order valence-electron chi connectivity index (χ4n) is 2.98. The number of hydrazine groups is 1. The smallest absolute Gasteiger partial charge is 0.164 e. The molecule has 0 unspecified atom stereocenters. The van der Waals surface area contributed by atoms with E-state index in [1.165, 1.54) is 0 Å². The van der Waals surface area contributed by atoms with Crippen LogP contribution in [0.25, 0.3) is 22.7 Å². The Balaban J connectivity index is 0.00000182. The van der Waals surface area contributed by atoms with Crippen LogP contribution in [-0.2, 0) is 11.8 Å². The molecule has 0 spiro atoms. The van der Waals surface area contributed by atoms with Crippen molar-refractivity contribution in [1.82, 2.24) is 19.5 Å². The molecule has 0 atom stereocenters. The van der Waals surface area contributed by atoms with Gasteiger partial charge in [-0.3, -0.25) is 4.98 Å². The highest BCUT2D eigenvalue weighted by molar-refractivity contribution is 5.91. The molecule has 3 aromatic heterocycles. The number of halogens is 1. The van der Waals surface area contributed by atoms with Crippen molar-refractivity contribution in [2.75, 3.05) is 36.6 Å². The van der Waals surface area contributed by atoms with Crippen LogP contribution in [0.2, 0.25) is 0 Å². The van der Waals surface area contributed by atoms with Gasteiger partial charge in [-0.15, -0.1) is 12.4 Å². The van der Waals surface area contributed by atoms with E-state index in [1.807, 2.05) is 35.9 Å². The number of anilines is 2. The topological polar surface area (TPSA) is 94.1 Å². The normalized spacial score (nSPS) is 14.4. The van der Waals surface area contributed by atoms with Crippen molar-refractivity contribution < 1.29 is 4.74 Å². The van der Waals surface area contributed by atoms with Crippen LogP contribution < -0.4 is 16.2 Å². The molecule has 0 bridgehead atoms. The minimum absolute atomic E-state index is 0. The van der Waals surface area contributed by atoms with Gasteiger partial charge in [0.15, 0.2) is 11.5 Å². The number of aryl methyl sites for hydroxylation is 1. The van der Waals surface area contributed by atoms with Crippen LogP contribution in [-0.4, -0.2) is 45.8 Å². The second-order valence-electron chi connectivity index (χ2n) is 5.65. The van der Waals surface area contributed by atoms with Gasteiger partial charge in [-0.05, 0) is 12.1 Å². The maximum absolute atomic E-state index is 5.61. The van der Waals surface area contributed by atoms with Gasteiger partial charge in [-0.2, -0.15) is 0 Å². The minimum Gasteiger partial charge on any atom is -0.378 e. The number of ether oxygens (including phenoxy) is 1. The second kappa shape index (κ2) is 7.22. The Morgan fingerprint density at radius 3 is 2.68 bits per heavy atom. The average molecular weight is 362 g/mol. The fraction of sp³-hybridized carbons (Fsp3) is 0.312. The van der Waals surface area contributed by atoms with Crippen LogP contribution in [0.3, 0.4) is 0 Å². The van der Waals surface area contributed by atoms with E-state index < -0.39 is 0 Å². The van der Waals surface area contributed by atoms with Gasteiger partial charge in [0.2, 0.25) is 0 Å². The number of nitrogens with one attached hydrogen (secondary N) is 1. The molecular weight excluding hydrogens is 342 g/mol. The third-order valence-corrected chi connectivity index (χ3v) is 4.20. The Hall–Kier alpha value is -2.42. The molecule has 1 aliphatic rings. The Kier molecular flexibility index (Phi) is 5.03. The lowest BCUT2D eigenvalue weighted by atomic mass is 10.3. The van der Waals surface area contributed by atoms with E-state index in [4.69, 9.17) is 15.6 Å². The van der Waals surface area contributed by atoms with E-state index in [9.17, 15) is 0 Å². The molecule has 1 aliphatic heterocycles. The summed E-state index contributed by atoms with van der Waals surface area (Å²) in [5, 5.41) is 0. The molecule has 1 saturated heterocycles. The first-order valence-electron chi connectivity index (χ1n) is 7.86. The first-order valence-corrected chi connectivity index (χ1v) is 7.86. The lowest BCUT2D eigenvalue weighted by Gasteiger charge is -2.29. The zero-order valence-corrected chi connectivity index (χ0v) is 14.7. The molecule has 0 aromatic carbocycles. The molecule has 0 saturated carbocycles. The van der Waals surface area contributed by atoms with E-state index in [2.05, 4.69) is 20.3 Å². The molecule has 3 aromatic rings. The summed E-state index contributed by atoms with van der Waals surface area (Å²) in [6.07, 6.45) is 1.76. The summed E-state index contributed by atoms with van der Waals surface area (Å²) in [4.78, 5) is 16.1. The highest BCUT2D eigenvalue weighted by Crippen LogP contribution is 2.31. The zero-order chi connectivity index (χ0) is 16.5. The number of fused-ring (bicyclic) bond motifs is 1. The number of morpholine rings is 1. The van der Waals surface area contributed by atoms with Crippen LogP contribution >= 0.6 is 12.4 Å². The van der Waals surface area contributed by atoms with Crippen molar-refractivity contribution in [1.29, 1.82) is 0 Å². The van der Waals surface area contributed by atoms with Gasteiger partial charge in [-0.1, -0.05) is 6.07 Å². The van der Waals surface area contributed by atoms with E-state index in [1.54, 1.807) is 6.20 Å². The molecule has 3 N–H and O–H groups in total. The molecule has 0 aliphatic carbocycles. The summed E-state index contributed by atoms with van der Waals surface area (Å²) in [6.45, 7) is 3.04. The molecular formula is C16H20ClN7O. The predicted octanol–water partition coefficient (Wildman–Crippen LogP) is 1.57. The summed E-state index contributed by atoms with van der Waals surface area (Å²) in [6, 6.07) is 7.71. The number of nitrogens with zero attached hydrogens (tertiary/aromatic N) is 5. The summed E-state index contributed by atoms with van der Waals surface area (Å²) < 4.78 is 7.40. The molecule has 9 heteroatoms. The van der Waals surface area contributed by atoms with Crippen molar-refractivity contribution in [3.63, 3.8) is 0 Å². The van der Waals surface area contributed by atoms with Gasteiger partial charge in [0.05, 0.1) is 18.9 Å². The molecule has 4 rings (SSSR count). The predicted molar refractivity (Wildman–Crippen MR) is 99.8 cm³/mol. The van der Waals surface area contributed by atoms with Crippen LogP contribution in [0.5, 0.6) is 0 Å². The number of imidazole rings is 1. The Morgan fingerprint density at radius 2 is 2.00 bits per heavy atom. The van der Waals surface area contributed by atoms with Crippen molar-refractivity contribution in [3.05, 3.63) is 30.5 Å². The monoisotopic (exact) mass is 361 g/mol. The summed E-state index contributed by atoms with van der Waals surface area (Å²) in [5.41, 5.74) is 6.09. The molecule has 0 radical (unpaired) electrons. The maximum Gasteiger partial charge on any atom is 0.164 e. The van der Waals surface area contributed by atoms with Gasteiger partial charge in [0.1, 0.15) is 17.0 Å². The molecule has 0 amide bonds. The first kappa shape index (κ1) is 17.4. The largest absolute Gasteiger partial charge is 0.378 e. The standard InChI is InChI=1S/C16H19N7O.ClH/c1-22-15(11-4-2-3-5-18-11)20-14-12(23-6-8-24-9-7-23)10-13(21-17)19-16(14)22;/h2-5,10H,6-9,17H2,1H3,(H,19,21);1H. The number of nitrogen functional groups attached to an aromatic ring is 1. The number of hydrogen-bond donors (Lipinski definition) is 2. The molecule has 1 fully saturated rings. The highest BCUT2D eigenvalue weighted by Gasteiger charge is 2.21. The van der Waals surface area contributed by atoms with Gasteiger partial charge in [0, 0.05) is 32.4 Å². The molecule has 8 nitrogen and oxygen atoms in total. The van der Waals surface area contributed by atoms with Crippen LogP contribution in [0, 0.1) is 0 Å². The van der Waals surface area contributed by atoms with E-state index in [0.717, 1.165) is 41.5 Å². The summed E-state index contributed by atoms with van der Waals surface area (Å²) in [7, 11) is 1.94. The van der Waals surface area contributed by atoms with Crippen LogP contribution in [0.1, 0.15) is 0 Å². The quantitative estimate of drug-likeness (QED) is 0.540. The van der Waals surface area contributed by atoms with Crippen LogP contribution in [0.4, 0.5) is 11.5 Å². The SMILES string of the molecule is Cl.Cn1c(-c2ccccn2)nc2c(N3CCOCC3)cc(NN)nc21. The number of nitrogens with two attached hydrogens (primary N) is 1. The lowest BCUT2D eigenvalue weighted by Crippen LogP contribution is -2.36. The van der Waals surface area contributed by atoms with E-state index >= 15 is 0 Å². The van der Waals surface area contributed by atoms with Crippen LogP contribution in [0.15, 0.2) is 30.5 Å². The molecule has 25 heavy (non-hydrogen) atoms. The second-order valence-corrected chi connectivity index (χ2v) is 5.65. The van der Waals surface area contributed by atoms with E-state index in [-0.39, 0.29) is 12.4 Å². The number of hydrogen-bond acceptors (Lipinski definition) is 7. The Labute approximate surface area is 151 Å². The molecule has 4 heterocycles. The van der Waals surface area contributed by atoms with Gasteiger partial charge >= 0.3 is 0 Å².